The highest BCUT2D eigenvalue weighted by Crippen LogP contribution is 2.48. The molecule has 1 aliphatic carbocycles. The Balaban J connectivity index is 0.00000137. The Labute approximate surface area is 104 Å². The van der Waals surface area contributed by atoms with Gasteiger partial charge in [-0.3, -0.25) is 0 Å². The Morgan fingerprint density at radius 1 is 0.778 bits per heavy atom. The molecule has 0 nitrogen and oxygen atoms in total. The fourth-order valence-electron chi connectivity index (χ4n) is 2.34. The zero-order chi connectivity index (χ0) is 14.6. The van der Waals surface area contributed by atoms with E-state index in [0.29, 0.717) is 12.8 Å². The van der Waals surface area contributed by atoms with E-state index in [2.05, 4.69) is 0 Å². The van der Waals surface area contributed by atoms with Crippen molar-refractivity contribution in [2.75, 3.05) is 0 Å². The van der Waals surface area contributed by atoms with Crippen LogP contribution < -0.4 is 0 Å². The molecule has 1 saturated carbocycles. The van der Waals surface area contributed by atoms with Gasteiger partial charge in [0.1, 0.15) is 0 Å². The molecule has 0 radical (unpaired) electrons. The maximum Gasteiger partial charge on any atom is 0.400 e. The van der Waals surface area contributed by atoms with Crippen LogP contribution >= 0.6 is 0 Å². The minimum absolute atomic E-state index is 0.0187. The van der Waals surface area contributed by atoms with Crippen LogP contribution in [0.1, 0.15) is 46.5 Å². The van der Waals surface area contributed by atoms with E-state index in [1.807, 2.05) is 20.8 Å². The van der Waals surface area contributed by atoms with Crippen molar-refractivity contribution in [3.05, 3.63) is 0 Å². The Morgan fingerprint density at radius 3 is 1.39 bits per heavy atom. The van der Waals surface area contributed by atoms with Crippen molar-refractivity contribution in [3.63, 3.8) is 0 Å². The minimum Gasteiger partial charge on any atom is -0.170 e. The fraction of sp³-hybridized carbons (Fsp3) is 1.00. The summed E-state index contributed by atoms with van der Waals surface area (Å²) in [6.07, 6.45) is -9.41. The van der Waals surface area contributed by atoms with E-state index in [9.17, 15) is 26.3 Å². The van der Waals surface area contributed by atoms with Crippen molar-refractivity contribution in [1.82, 2.24) is 0 Å². The Bertz CT molecular complexity index is 208. The lowest BCUT2D eigenvalue weighted by atomic mass is 9.76. The first-order valence-electron chi connectivity index (χ1n) is 6.25. The largest absolute Gasteiger partial charge is 0.400 e. The third-order valence-corrected chi connectivity index (χ3v) is 3.24. The molecule has 0 atom stereocenters. The molecule has 1 aliphatic rings. The molecule has 0 N–H and O–H groups in total. The van der Waals surface area contributed by atoms with Crippen molar-refractivity contribution < 1.29 is 26.3 Å². The molecule has 0 spiro atoms. The summed E-state index contributed by atoms with van der Waals surface area (Å²) in [7, 11) is 0. The standard InChI is InChI=1S/C10H14F6.C2H6/c1-6-2-4-7(5-3-6)8(9(11,12)13)10(14,15)16;1-2/h6-8H,2-5H2,1H3;1-2H3. The molecule has 0 heterocycles. The van der Waals surface area contributed by atoms with Gasteiger partial charge in [0, 0.05) is 0 Å². The lowest BCUT2D eigenvalue weighted by Crippen LogP contribution is -2.43. The van der Waals surface area contributed by atoms with E-state index < -0.39 is 24.2 Å². The molecule has 18 heavy (non-hydrogen) atoms. The second kappa shape index (κ2) is 6.66. The zero-order valence-corrected chi connectivity index (χ0v) is 10.8. The maximum absolute atomic E-state index is 12.4. The number of hydrogen-bond acceptors (Lipinski definition) is 0. The van der Waals surface area contributed by atoms with Gasteiger partial charge in [0.25, 0.3) is 0 Å². The lowest BCUT2D eigenvalue weighted by Gasteiger charge is -2.34. The highest BCUT2D eigenvalue weighted by molar-refractivity contribution is 4.85. The molecule has 0 amide bonds. The van der Waals surface area contributed by atoms with Gasteiger partial charge in [-0.15, -0.1) is 0 Å². The van der Waals surface area contributed by atoms with Gasteiger partial charge in [0.2, 0.25) is 0 Å². The lowest BCUT2D eigenvalue weighted by molar-refractivity contribution is -0.301. The Hall–Kier alpha value is -0.420. The van der Waals surface area contributed by atoms with Crippen LogP contribution in [-0.4, -0.2) is 12.4 Å². The van der Waals surface area contributed by atoms with Crippen LogP contribution in [-0.2, 0) is 0 Å². The molecule has 0 saturated heterocycles. The average Bonchev–Trinajstić information content (AvgIpc) is 2.20. The molecule has 0 unspecified atom stereocenters. The SMILES string of the molecule is CC.CC1CCC(C(C(F)(F)F)C(F)(F)F)CC1. The number of halogens is 6. The molecule has 0 aliphatic heterocycles. The van der Waals surface area contributed by atoms with Gasteiger partial charge in [-0.25, -0.2) is 0 Å². The Kier molecular flexibility index (Phi) is 6.51. The van der Waals surface area contributed by atoms with Crippen molar-refractivity contribution in [1.29, 1.82) is 0 Å². The summed E-state index contributed by atoms with van der Waals surface area (Å²) in [5, 5.41) is 0. The maximum atomic E-state index is 12.4. The second-order valence-electron chi connectivity index (χ2n) is 4.58. The van der Waals surface area contributed by atoms with E-state index in [4.69, 9.17) is 0 Å². The van der Waals surface area contributed by atoms with Gasteiger partial charge >= 0.3 is 12.4 Å². The molecule has 0 bridgehead atoms. The van der Waals surface area contributed by atoms with Crippen molar-refractivity contribution in [2.45, 2.75) is 58.8 Å². The van der Waals surface area contributed by atoms with Crippen LogP contribution in [0, 0.1) is 17.8 Å². The summed E-state index contributed by atoms with van der Waals surface area (Å²) in [5.74, 6) is -4.21. The van der Waals surface area contributed by atoms with Crippen molar-refractivity contribution in [3.8, 4) is 0 Å². The summed E-state index contributed by atoms with van der Waals surface area (Å²) in [4.78, 5) is 0. The zero-order valence-electron chi connectivity index (χ0n) is 10.8. The van der Waals surface area contributed by atoms with E-state index in [0.717, 1.165) is 0 Å². The first kappa shape index (κ1) is 17.6. The summed E-state index contributed by atoms with van der Waals surface area (Å²) >= 11 is 0. The predicted octanol–water partition coefficient (Wildman–Crippen LogP) is 5.58. The summed E-state index contributed by atoms with van der Waals surface area (Å²) < 4.78 is 74.3. The van der Waals surface area contributed by atoms with Gasteiger partial charge in [-0.05, 0) is 24.7 Å². The van der Waals surface area contributed by atoms with Crippen LogP contribution in [0.5, 0.6) is 0 Å². The monoisotopic (exact) mass is 278 g/mol. The highest BCUT2D eigenvalue weighted by Gasteiger charge is 2.59. The van der Waals surface area contributed by atoms with Crippen LogP contribution in [0.25, 0.3) is 0 Å². The molecule has 0 aromatic rings. The van der Waals surface area contributed by atoms with Gasteiger partial charge in [0.05, 0.1) is 0 Å². The summed E-state index contributed by atoms with van der Waals surface area (Å²) in [6, 6.07) is 0. The third kappa shape index (κ3) is 5.06. The van der Waals surface area contributed by atoms with Crippen molar-refractivity contribution >= 4 is 0 Å². The fourth-order valence-corrected chi connectivity index (χ4v) is 2.34. The molecule has 1 rings (SSSR count). The normalized spacial score (nSPS) is 25.7. The molecule has 110 valence electrons. The van der Waals surface area contributed by atoms with Gasteiger partial charge in [0.15, 0.2) is 5.92 Å². The molecular weight excluding hydrogens is 258 g/mol. The van der Waals surface area contributed by atoms with E-state index in [-0.39, 0.29) is 18.8 Å². The highest BCUT2D eigenvalue weighted by atomic mass is 19.4. The molecule has 1 fully saturated rings. The van der Waals surface area contributed by atoms with Crippen molar-refractivity contribution in [2.24, 2.45) is 17.8 Å². The second-order valence-corrected chi connectivity index (χ2v) is 4.58. The van der Waals surface area contributed by atoms with Crippen LogP contribution in [0.15, 0.2) is 0 Å². The smallest absolute Gasteiger partial charge is 0.170 e. The predicted molar refractivity (Wildman–Crippen MR) is 58.1 cm³/mol. The van der Waals surface area contributed by atoms with Crippen LogP contribution in [0.3, 0.4) is 0 Å². The number of rotatable bonds is 1. The first-order valence-corrected chi connectivity index (χ1v) is 6.25. The molecule has 0 aromatic heterocycles. The summed E-state index contributed by atoms with van der Waals surface area (Å²) in [6.45, 7) is 5.85. The quantitative estimate of drug-likeness (QED) is 0.549. The average molecular weight is 278 g/mol. The molecule has 6 heteroatoms. The third-order valence-electron chi connectivity index (χ3n) is 3.24. The molecule has 0 aromatic carbocycles. The molecular formula is C12H20F6. The minimum atomic E-state index is -5.18. The van der Waals surface area contributed by atoms with Crippen LogP contribution in [0.2, 0.25) is 0 Å². The van der Waals surface area contributed by atoms with Gasteiger partial charge in [-0.1, -0.05) is 33.6 Å². The van der Waals surface area contributed by atoms with Gasteiger partial charge in [-0.2, -0.15) is 26.3 Å². The Morgan fingerprint density at radius 2 is 1.11 bits per heavy atom. The van der Waals surface area contributed by atoms with Crippen LogP contribution in [0.4, 0.5) is 26.3 Å². The van der Waals surface area contributed by atoms with E-state index >= 15 is 0 Å². The topological polar surface area (TPSA) is 0 Å². The van der Waals surface area contributed by atoms with Gasteiger partial charge < -0.3 is 0 Å². The number of hydrogen-bond donors (Lipinski definition) is 0. The first-order chi connectivity index (χ1) is 8.12. The van der Waals surface area contributed by atoms with E-state index in [1.165, 1.54) is 0 Å². The number of alkyl halides is 6. The van der Waals surface area contributed by atoms with E-state index in [1.54, 1.807) is 0 Å². The summed E-state index contributed by atoms with van der Waals surface area (Å²) in [5.41, 5.74) is 0.